The lowest BCUT2D eigenvalue weighted by molar-refractivity contribution is -0.117. The summed E-state index contributed by atoms with van der Waals surface area (Å²) >= 11 is 5.07. The molecule has 1 aromatic carbocycles. The SMILES string of the molecule is CSCC[C@H](N)C(=O)Nc1ccc(CCn2cc(Br)cn2)cc1. The summed E-state index contributed by atoms with van der Waals surface area (Å²) in [5, 5.41) is 7.09. The lowest BCUT2D eigenvalue weighted by Gasteiger charge is -2.12. The van der Waals surface area contributed by atoms with Crippen LogP contribution in [0.3, 0.4) is 0 Å². The van der Waals surface area contributed by atoms with Crippen molar-refractivity contribution in [1.29, 1.82) is 0 Å². The second kappa shape index (κ2) is 9.10. The lowest BCUT2D eigenvalue weighted by Crippen LogP contribution is -2.36. The molecule has 0 saturated heterocycles. The first-order valence-electron chi connectivity index (χ1n) is 7.41. The maximum atomic E-state index is 12.0. The van der Waals surface area contributed by atoms with Crippen LogP contribution in [0.4, 0.5) is 5.69 Å². The number of amides is 1. The summed E-state index contributed by atoms with van der Waals surface area (Å²) in [5.41, 5.74) is 7.83. The molecule has 0 aliphatic heterocycles. The molecule has 1 aromatic heterocycles. The van der Waals surface area contributed by atoms with Crippen LogP contribution in [0.15, 0.2) is 41.1 Å². The topological polar surface area (TPSA) is 72.9 Å². The number of nitrogens with two attached hydrogens (primary N) is 1. The van der Waals surface area contributed by atoms with Crippen LogP contribution >= 0.6 is 27.7 Å². The monoisotopic (exact) mass is 396 g/mol. The maximum Gasteiger partial charge on any atom is 0.241 e. The van der Waals surface area contributed by atoms with Crippen LogP contribution in [0.1, 0.15) is 12.0 Å². The van der Waals surface area contributed by atoms with Gasteiger partial charge in [-0.2, -0.15) is 16.9 Å². The van der Waals surface area contributed by atoms with E-state index >= 15 is 0 Å². The van der Waals surface area contributed by atoms with Gasteiger partial charge in [-0.25, -0.2) is 0 Å². The Bertz CT molecular complexity index is 629. The number of carbonyl (C=O) groups is 1. The maximum absolute atomic E-state index is 12.0. The summed E-state index contributed by atoms with van der Waals surface area (Å²) < 4.78 is 2.87. The third-order valence-electron chi connectivity index (χ3n) is 3.42. The lowest BCUT2D eigenvalue weighted by atomic mass is 10.1. The highest BCUT2D eigenvalue weighted by Crippen LogP contribution is 2.12. The first-order chi connectivity index (χ1) is 11.1. The number of anilines is 1. The fourth-order valence-corrected chi connectivity index (χ4v) is 2.89. The Labute approximate surface area is 149 Å². The zero-order chi connectivity index (χ0) is 16.7. The predicted molar refractivity (Wildman–Crippen MR) is 99.7 cm³/mol. The van der Waals surface area contributed by atoms with Crippen molar-refractivity contribution in [3.63, 3.8) is 0 Å². The summed E-state index contributed by atoms with van der Waals surface area (Å²) in [6.45, 7) is 0.816. The first-order valence-corrected chi connectivity index (χ1v) is 9.59. The fraction of sp³-hybridized carbons (Fsp3) is 0.375. The van der Waals surface area contributed by atoms with E-state index in [1.807, 2.05) is 41.4 Å². The minimum Gasteiger partial charge on any atom is -0.325 e. The number of nitrogens with one attached hydrogen (secondary N) is 1. The Balaban J connectivity index is 1.83. The van der Waals surface area contributed by atoms with E-state index in [2.05, 4.69) is 26.3 Å². The molecule has 1 heterocycles. The van der Waals surface area contributed by atoms with Gasteiger partial charge in [0.1, 0.15) is 0 Å². The molecular formula is C16H21BrN4OS. The van der Waals surface area contributed by atoms with Crippen molar-refractivity contribution < 1.29 is 4.79 Å². The van der Waals surface area contributed by atoms with E-state index in [1.54, 1.807) is 18.0 Å². The van der Waals surface area contributed by atoms with Crippen molar-refractivity contribution in [2.75, 3.05) is 17.3 Å². The second-order valence-corrected chi connectivity index (χ2v) is 7.15. The van der Waals surface area contributed by atoms with E-state index in [9.17, 15) is 4.79 Å². The molecule has 0 bridgehead atoms. The normalized spacial score (nSPS) is 12.1. The summed E-state index contributed by atoms with van der Waals surface area (Å²) in [6.07, 6.45) is 7.30. The number of aryl methyl sites for hydroxylation is 2. The summed E-state index contributed by atoms with van der Waals surface area (Å²) in [5.74, 6) is 0.755. The Hall–Kier alpha value is -1.31. The Morgan fingerprint density at radius 2 is 2.17 bits per heavy atom. The molecule has 23 heavy (non-hydrogen) atoms. The van der Waals surface area contributed by atoms with Gasteiger partial charge in [0.25, 0.3) is 0 Å². The van der Waals surface area contributed by atoms with Crippen LogP contribution in [-0.4, -0.2) is 33.7 Å². The standard InChI is InChI=1S/C16H21BrN4OS/c1-23-9-7-15(18)16(22)20-14-4-2-12(3-5-14)6-8-21-11-13(17)10-19-21/h2-5,10-11,15H,6-9,18H2,1H3,(H,20,22)/t15-/m0/s1. The Kier molecular flexibility index (Phi) is 7.14. The predicted octanol–water partition coefficient (Wildman–Crippen LogP) is 2.91. The molecule has 0 saturated carbocycles. The van der Waals surface area contributed by atoms with Gasteiger partial charge in [0.05, 0.1) is 16.7 Å². The molecule has 124 valence electrons. The minimum absolute atomic E-state index is 0.131. The Morgan fingerprint density at radius 3 is 2.78 bits per heavy atom. The zero-order valence-corrected chi connectivity index (χ0v) is 15.4. The average Bonchev–Trinajstić information content (AvgIpc) is 2.97. The fourth-order valence-electron chi connectivity index (χ4n) is 2.07. The number of benzene rings is 1. The van der Waals surface area contributed by atoms with Gasteiger partial charge < -0.3 is 11.1 Å². The van der Waals surface area contributed by atoms with Crippen molar-refractivity contribution in [2.24, 2.45) is 5.73 Å². The number of thioether (sulfide) groups is 1. The number of aromatic nitrogens is 2. The van der Waals surface area contributed by atoms with E-state index in [1.165, 1.54) is 5.56 Å². The van der Waals surface area contributed by atoms with Crippen molar-refractivity contribution in [1.82, 2.24) is 9.78 Å². The molecule has 0 fully saturated rings. The summed E-state index contributed by atoms with van der Waals surface area (Å²) in [7, 11) is 0. The van der Waals surface area contributed by atoms with E-state index in [-0.39, 0.29) is 5.91 Å². The second-order valence-electron chi connectivity index (χ2n) is 5.25. The number of halogens is 1. The van der Waals surface area contributed by atoms with Gasteiger partial charge in [0, 0.05) is 18.4 Å². The minimum atomic E-state index is -0.458. The number of hydrogen-bond acceptors (Lipinski definition) is 4. The highest BCUT2D eigenvalue weighted by atomic mass is 79.9. The van der Waals surface area contributed by atoms with Gasteiger partial charge in [-0.15, -0.1) is 0 Å². The molecule has 1 atom stereocenters. The molecule has 0 unspecified atom stereocenters. The van der Waals surface area contributed by atoms with Crippen LogP contribution in [-0.2, 0) is 17.8 Å². The van der Waals surface area contributed by atoms with Crippen LogP contribution in [0.5, 0.6) is 0 Å². The highest BCUT2D eigenvalue weighted by molar-refractivity contribution is 9.10. The number of carbonyl (C=O) groups excluding carboxylic acids is 1. The van der Waals surface area contributed by atoms with Gasteiger partial charge in [-0.3, -0.25) is 9.48 Å². The van der Waals surface area contributed by atoms with Gasteiger partial charge in [-0.1, -0.05) is 12.1 Å². The molecular weight excluding hydrogens is 376 g/mol. The third kappa shape index (κ3) is 6.01. The van der Waals surface area contributed by atoms with Crippen molar-refractivity contribution >= 4 is 39.3 Å². The molecule has 1 amide bonds. The van der Waals surface area contributed by atoms with Crippen molar-refractivity contribution in [2.45, 2.75) is 25.4 Å². The molecule has 0 radical (unpaired) electrons. The molecule has 0 aliphatic rings. The summed E-state index contributed by atoms with van der Waals surface area (Å²) in [4.78, 5) is 12.0. The number of rotatable bonds is 8. The number of hydrogen-bond donors (Lipinski definition) is 2. The quantitative estimate of drug-likeness (QED) is 0.719. The number of nitrogens with zero attached hydrogens (tertiary/aromatic N) is 2. The van der Waals surface area contributed by atoms with E-state index < -0.39 is 6.04 Å². The average molecular weight is 397 g/mol. The van der Waals surface area contributed by atoms with Crippen LogP contribution in [0, 0.1) is 0 Å². The molecule has 3 N–H and O–H groups in total. The van der Waals surface area contributed by atoms with Crippen LogP contribution < -0.4 is 11.1 Å². The highest BCUT2D eigenvalue weighted by Gasteiger charge is 2.12. The zero-order valence-electron chi connectivity index (χ0n) is 13.0. The van der Waals surface area contributed by atoms with Gasteiger partial charge in [-0.05, 0) is 58.5 Å². The smallest absolute Gasteiger partial charge is 0.241 e. The van der Waals surface area contributed by atoms with Crippen LogP contribution in [0.25, 0.3) is 0 Å². The Morgan fingerprint density at radius 1 is 1.43 bits per heavy atom. The van der Waals surface area contributed by atoms with E-state index in [4.69, 9.17) is 5.73 Å². The molecule has 0 aliphatic carbocycles. The van der Waals surface area contributed by atoms with E-state index in [0.717, 1.165) is 28.9 Å². The van der Waals surface area contributed by atoms with Gasteiger partial charge in [0.15, 0.2) is 0 Å². The summed E-state index contributed by atoms with van der Waals surface area (Å²) in [6, 6.07) is 7.39. The van der Waals surface area contributed by atoms with Gasteiger partial charge >= 0.3 is 0 Å². The largest absolute Gasteiger partial charge is 0.325 e. The van der Waals surface area contributed by atoms with Crippen molar-refractivity contribution in [3.05, 3.63) is 46.7 Å². The molecule has 2 rings (SSSR count). The third-order valence-corrected chi connectivity index (χ3v) is 4.48. The van der Waals surface area contributed by atoms with Gasteiger partial charge in [0.2, 0.25) is 5.91 Å². The molecule has 5 nitrogen and oxygen atoms in total. The van der Waals surface area contributed by atoms with Crippen LogP contribution in [0.2, 0.25) is 0 Å². The molecule has 2 aromatic rings. The molecule has 0 spiro atoms. The molecule has 7 heteroatoms. The first kappa shape index (κ1) is 18.0. The van der Waals surface area contributed by atoms with E-state index in [0.29, 0.717) is 6.42 Å². The van der Waals surface area contributed by atoms with Crippen molar-refractivity contribution in [3.8, 4) is 0 Å².